The highest BCUT2D eigenvalue weighted by atomic mass is 35.5. The summed E-state index contributed by atoms with van der Waals surface area (Å²) in [6, 6.07) is 16.2. The van der Waals surface area contributed by atoms with Crippen LogP contribution >= 0.6 is 35.5 Å². The Hall–Kier alpha value is -2.35. The van der Waals surface area contributed by atoms with E-state index >= 15 is 0 Å². The fourth-order valence-electron chi connectivity index (χ4n) is 3.03. The number of amides is 1. The Morgan fingerprint density at radius 1 is 1.20 bits per heavy atom. The third-order valence-corrected chi connectivity index (χ3v) is 6.57. The Bertz CT molecular complexity index is 1080. The molecule has 0 N–H and O–H groups in total. The van der Waals surface area contributed by atoms with E-state index in [9.17, 15) is 4.79 Å². The molecule has 156 valence electrons. The van der Waals surface area contributed by atoms with E-state index in [0.29, 0.717) is 12.3 Å². The minimum atomic E-state index is 0. The van der Waals surface area contributed by atoms with Gasteiger partial charge in [-0.05, 0) is 43.2 Å². The largest absolute Gasteiger partial charge is 0.337 e. The molecule has 4 aromatic rings. The molecular weight excluding hydrogens is 436 g/mol. The van der Waals surface area contributed by atoms with Gasteiger partial charge in [-0.3, -0.25) is 9.69 Å². The summed E-state index contributed by atoms with van der Waals surface area (Å²) in [5.41, 5.74) is 2.14. The number of benzene rings is 2. The van der Waals surface area contributed by atoms with E-state index < -0.39 is 0 Å². The smallest absolute Gasteiger partial charge is 0.239 e. The molecule has 30 heavy (non-hydrogen) atoms. The number of anilines is 1. The first kappa shape index (κ1) is 22.3. The number of thioether (sulfide) groups is 1. The molecule has 0 saturated heterocycles. The quantitative estimate of drug-likeness (QED) is 0.330. The number of aryl methyl sites for hydroxylation is 2. The monoisotopic (exact) mass is 458 g/mol. The van der Waals surface area contributed by atoms with Crippen LogP contribution in [0.25, 0.3) is 10.2 Å². The molecule has 0 aliphatic carbocycles. The third kappa shape index (κ3) is 5.62. The number of hydrogen-bond acceptors (Lipinski definition) is 5. The van der Waals surface area contributed by atoms with Crippen LogP contribution in [0.5, 0.6) is 0 Å². The molecule has 0 atom stereocenters. The minimum absolute atomic E-state index is 0. The molecule has 0 spiro atoms. The van der Waals surface area contributed by atoms with Crippen LogP contribution in [-0.4, -0.2) is 32.7 Å². The highest BCUT2D eigenvalue weighted by Crippen LogP contribution is 2.30. The lowest BCUT2D eigenvalue weighted by Crippen LogP contribution is -2.33. The van der Waals surface area contributed by atoms with Crippen LogP contribution in [0.2, 0.25) is 0 Å². The Morgan fingerprint density at radius 2 is 2.03 bits per heavy atom. The van der Waals surface area contributed by atoms with Crippen molar-refractivity contribution in [3.63, 3.8) is 0 Å². The zero-order chi connectivity index (χ0) is 20.1. The number of fused-ring (bicyclic) bond motifs is 1. The highest BCUT2D eigenvalue weighted by molar-refractivity contribution is 8.00. The van der Waals surface area contributed by atoms with E-state index in [4.69, 9.17) is 4.98 Å². The summed E-state index contributed by atoms with van der Waals surface area (Å²) in [6.45, 7) is 3.52. The van der Waals surface area contributed by atoms with Gasteiger partial charge in [0.2, 0.25) is 5.91 Å². The predicted octanol–water partition coefficient (Wildman–Crippen LogP) is 5.44. The molecule has 0 aliphatic rings. The molecule has 0 aliphatic heterocycles. The maximum Gasteiger partial charge on any atom is 0.239 e. The molecule has 0 bridgehead atoms. The van der Waals surface area contributed by atoms with Crippen LogP contribution in [0.1, 0.15) is 12.0 Å². The molecule has 0 radical (unpaired) electrons. The second-order valence-corrected chi connectivity index (χ2v) is 8.83. The fourth-order valence-corrected chi connectivity index (χ4v) is 4.93. The van der Waals surface area contributed by atoms with E-state index in [2.05, 4.69) is 24.0 Å². The van der Waals surface area contributed by atoms with Crippen molar-refractivity contribution < 1.29 is 4.79 Å². The number of carbonyl (C=O) groups excluding carboxylic acids is 1. The Balaban J connectivity index is 0.00000256. The summed E-state index contributed by atoms with van der Waals surface area (Å²) in [5.74, 6) is 0.476. The molecule has 8 heteroatoms. The summed E-state index contributed by atoms with van der Waals surface area (Å²) in [4.78, 5) is 24.9. The van der Waals surface area contributed by atoms with Crippen LogP contribution in [0, 0.1) is 6.92 Å². The summed E-state index contributed by atoms with van der Waals surface area (Å²) in [6.07, 6.45) is 6.36. The number of aromatic nitrogens is 3. The number of imidazole rings is 1. The number of nitrogens with zero attached hydrogens (tertiary/aromatic N) is 4. The topological polar surface area (TPSA) is 51.0 Å². The molecule has 2 heterocycles. The van der Waals surface area contributed by atoms with Gasteiger partial charge in [-0.15, -0.1) is 24.2 Å². The number of carbonyl (C=O) groups is 1. The van der Waals surface area contributed by atoms with Crippen LogP contribution in [0.4, 0.5) is 5.13 Å². The summed E-state index contributed by atoms with van der Waals surface area (Å²) in [7, 11) is 0. The molecular formula is C22H23ClN4OS2. The van der Waals surface area contributed by atoms with Gasteiger partial charge in [0.05, 0.1) is 22.3 Å². The fraction of sp³-hybridized carbons (Fsp3) is 0.227. The Morgan fingerprint density at radius 3 is 2.80 bits per heavy atom. The molecule has 0 saturated carbocycles. The lowest BCUT2D eigenvalue weighted by atomic mass is 10.2. The lowest BCUT2D eigenvalue weighted by molar-refractivity contribution is -0.116. The number of rotatable bonds is 8. The SMILES string of the molecule is Cc1ccc2nc(N(CCCn3ccnc3)C(=O)CSc3ccccc3)sc2c1.Cl. The second kappa shape index (κ2) is 10.6. The van der Waals surface area contributed by atoms with Gasteiger partial charge in [-0.2, -0.15) is 0 Å². The summed E-state index contributed by atoms with van der Waals surface area (Å²) >= 11 is 3.15. The van der Waals surface area contributed by atoms with E-state index in [1.165, 1.54) is 5.56 Å². The van der Waals surface area contributed by atoms with Gasteiger partial charge in [0, 0.05) is 30.4 Å². The highest BCUT2D eigenvalue weighted by Gasteiger charge is 2.20. The van der Waals surface area contributed by atoms with E-state index in [1.54, 1.807) is 35.6 Å². The van der Waals surface area contributed by atoms with Crippen molar-refractivity contribution in [2.75, 3.05) is 17.2 Å². The maximum atomic E-state index is 13.1. The zero-order valence-corrected chi connectivity index (χ0v) is 19.1. The van der Waals surface area contributed by atoms with Crippen molar-refractivity contribution >= 4 is 56.8 Å². The van der Waals surface area contributed by atoms with Gasteiger partial charge in [0.25, 0.3) is 0 Å². The predicted molar refractivity (Wildman–Crippen MR) is 128 cm³/mol. The van der Waals surface area contributed by atoms with Gasteiger partial charge in [-0.1, -0.05) is 35.6 Å². The maximum absolute atomic E-state index is 13.1. The van der Waals surface area contributed by atoms with E-state index in [0.717, 1.165) is 33.2 Å². The first-order chi connectivity index (χ1) is 14.2. The summed E-state index contributed by atoms with van der Waals surface area (Å²) in [5, 5.41) is 0.773. The normalized spacial score (nSPS) is 10.7. The standard InChI is InChI=1S/C22H22N4OS2.ClH/c1-17-8-9-19-20(14-17)29-22(24-19)26(12-5-11-25-13-10-23-16-25)21(27)15-28-18-6-3-2-4-7-18;/h2-4,6-10,13-14,16H,5,11-12,15H2,1H3;1H. The van der Waals surface area contributed by atoms with Crippen LogP contribution in [0.3, 0.4) is 0 Å². The van der Waals surface area contributed by atoms with E-state index in [-0.39, 0.29) is 18.3 Å². The Labute approximate surface area is 190 Å². The van der Waals surface area contributed by atoms with Crippen LogP contribution in [0.15, 0.2) is 72.1 Å². The van der Waals surface area contributed by atoms with Crippen molar-refractivity contribution in [1.29, 1.82) is 0 Å². The van der Waals surface area contributed by atoms with Gasteiger partial charge < -0.3 is 4.57 Å². The van der Waals surface area contributed by atoms with Crippen LogP contribution in [-0.2, 0) is 11.3 Å². The average Bonchev–Trinajstić information content (AvgIpc) is 3.39. The number of thiazole rings is 1. The third-order valence-electron chi connectivity index (χ3n) is 4.53. The van der Waals surface area contributed by atoms with Crippen molar-refractivity contribution in [2.24, 2.45) is 0 Å². The lowest BCUT2D eigenvalue weighted by Gasteiger charge is -2.20. The van der Waals surface area contributed by atoms with Gasteiger partial charge in [0.1, 0.15) is 0 Å². The molecule has 1 amide bonds. The van der Waals surface area contributed by atoms with Gasteiger partial charge in [0.15, 0.2) is 5.13 Å². The van der Waals surface area contributed by atoms with Crippen LogP contribution < -0.4 is 4.90 Å². The number of hydrogen-bond donors (Lipinski definition) is 0. The summed E-state index contributed by atoms with van der Waals surface area (Å²) < 4.78 is 3.14. The number of halogens is 1. The van der Waals surface area contributed by atoms with Crippen molar-refractivity contribution in [3.05, 3.63) is 72.8 Å². The molecule has 4 rings (SSSR count). The molecule has 0 fully saturated rings. The van der Waals surface area contributed by atoms with Crippen molar-refractivity contribution in [3.8, 4) is 0 Å². The first-order valence-electron chi connectivity index (χ1n) is 9.50. The van der Waals surface area contributed by atoms with Gasteiger partial charge in [-0.25, -0.2) is 9.97 Å². The molecule has 0 unspecified atom stereocenters. The molecule has 2 aromatic carbocycles. The van der Waals surface area contributed by atoms with Crippen molar-refractivity contribution in [1.82, 2.24) is 14.5 Å². The average molecular weight is 459 g/mol. The van der Waals surface area contributed by atoms with Gasteiger partial charge >= 0.3 is 0 Å². The Kier molecular flexibility index (Phi) is 7.90. The van der Waals surface area contributed by atoms with Crippen molar-refractivity contribution in [2.45, 2.75) is 24.8 Å². The van der Waals surface area contributed by atoms with E-state index in [1.807, 2.05) is 52.1 Å². The zero-order valence-electron chi connectivity index (χ0n) is 16.6. The second-order valence-electron chi connectivity index (χ2n) is 6.77. The molecule has 2 aromatic heterocycles. The minimum Gasteiger partial charge on any atom is -0.337 e. The molecule has 5 nitrogen and oxygen atoms in total. The first-order valence-corrected chi connectivity index (χ1v) is 11.3.